The molecule has 1 fully saturated rings. The van der Waals surface area contributed by atoms with Crippen LogP contribution in [0.25, 0.3) is 0 Å². The van der Waals surface area contributed by atoms with Gasteiger partial charge < -0.3 is 10.1 Å². The van der Waals surface area contributed by atoms with Crippen LogP contribution in [0.1, 0.15) is 29.6 Å². The number of rotatable bonds is 12. The largest absolute Gasteiger partial charge is 0.457 e. The monoisotopic (exact) mass is 654 g/mol. The number of ketones is 1. The number of hydrogen-bond donors (Lipinski definition) is 1. The van der Waals surface area contributed by atoms with Crippen molar-refractivity contribution in [2.45, 2.75) is 29.4 Å². The zero-order chi connectivity index (χ0) is 32.5. The van der Waals surface area contributed by atoms with Gasteiger partial charge in [-0.3, -0.25) is 24.0 Å². The summed E-state index contributed by atoms with van der Waals surface area (Å²) >= 11 is 7.04. The number of carbonyl (C=O) groups excluding carboxylic acids is 5. The molecule has 1 saturated heterocycles. The molecule has 1 unspecified atom stereocenters. The van der Waals surface area contributed by atoms with Gasteiger partial charge in [0.05, 0.1) is 28.7 Å². The third kappa shape index (κ3) is 8.74. The van der Waals surface area contributed by atoms with Crippen molar-refractivity contribution in [2.24, 2.45) is 10.2 Å². The maximum atomic E-state index is 13.2. The second-order valence-electron chi connectivity index (χ2n) is 10.1. The Balaban J connectivity index is 1.10. The van der Waals surface area contributed by atoms with Gasteiger partial charge in [0.2, 0.25) is 17.7 Å². The summed E-state index contributed by atoms with van der Waals surface area (Å²) in [6.07, 6.45) is -0.333. The van der Waals surface area contributed by atoms with Crippen molar-refractivity contribution in [3.8, 4) is 0 Å². The lowest BCUT2D eigenvalue weighted by Crippen LogP contribution is -2.31. The maximum absolute atomic E-state index is 13.2. The molecule has 12 heteroatoms. The topological polar surface area (TPSA) is 135 Å². The van der Waals surface area contributed by atoms with E-state index >= 15 is 0 Å². The molecule has 1 atom stereocenters. The predicted molar refractivity (Wildman–Crippen MR) is 175 cm³/mol. The van der Waals surface area contributed by atoms with Crippen molar-refractivity contribution < 1.29 is 28.7 Å². The van der Waals surface area contributed by atoms with Crippen molar-refractivity contribution in [2.75, 3.05) is 16.8 Å². The van der Waals surface area contributed by atoms with E-state index in [1.54, 1.807) is 60.7 Å². The Kier molecular flexibility index (Phi) is 10.7. The minimum atomic E-state index is -0.679. The molecular formula is C34H27ClN4O6S. The highest BCUT2D eigenvalue weighted by molar-refractivity contribution is 8.00. The van der Waals surface area contributed by atoms with E-state index in [9.17, 15) is 24.0 Å². The Morgan fingerprint density at radius 1 is 0.848 bits per heavy atom. The second kappa shape index (κ2) is 15.2. The van der Waals surface area contributed by atoms with Crippen LogP contribution in [0, 0.1) is 0 Å². The summed E-state index contributed by atoms with van der Waals surface area (Å²) in [6, 6.07) is 29.0. The number of ether oxygens (including phenoxy) is 1. The fraction of sp³-hybridized carbons (Fsp3) is 0.147. The molecule has 46 heavy (non-hydrogen) atoms. The molecule has 10 nitrogen and oxygen atoms in total. The van der Waals surface area contributed by atoms with Gasteiger partial charge in [-0.1, -0.05) is 35.9 Å². The number of carbonyl (C=O) groups is 5. The summed E-state index contributed by atoms with van der Waals surface area (Å²) in [5.41, 5.74) is 2.57. The van der Waals surface area contributed by atoms with Crippen molar-refractivity contribution in [1.29, 1.82) is 0 Å². The van der Waals surface area contributed by atoms with Crippen molar-refractivity contribution >= 4 is 75.6 Å². The van der Waals surface area contributed by atoms with Crippen LogP contribution in [0.15, 0.2) is 118 Å². The number of azo groups is 1. The fourth-order valence-corrected chi connectivity index (χ4v) is 5.67. The fourth-order valence-electron chi connectivity index (χ4n) is 4.43. The van der Waals surface area contributed by atoms with Crippen molar-refractivity contribution in [3.05, 3.63) is 114 Å². The lowest BCUT2D eigenvalue weighted by molar-refractivity contribution is -0.143. The lowest BCUT2D eigenvalue weighted by atomic mass is 10.1. The molecule has 1 aliphatic heterocycles. The van der Waals surface area contributed by atoms with Gasteiger partial charge >= 0.3 is 5.97 Å². The molecule has 3 amide bonds. The number of imide groups is 1. The van der Waals surface area contributed by atoms with Gasteiger partial charge in [-0.25, -0.2) is 4.90 Å². The number of amides is 3. The molecule has 0 aliphatic carbocycles. The van der Waals surface area contributed by atoms with E-state index in [1.165, 1.54) is 28.8 Å². The summed E-state index contributed by atoms with van der Waals surface area (Å²) in [5.74, 6) is -2.13. The van der Waals surface area contributed by atoms with Crippen LogP contribution in [-0.2, 0) is 23.9 Å². The number of thioether (sulfide) groups is 1. The highest BCUT2D eigenvalue weighted by Crippen LogP contribution is 2.35. The molecule has 1 aliphatic rings. The van der Waals surface area contributed by atoms with E-state index in [1.807, 2.05) is 30.3 Å². The first-order chi connectivity index (χ1) is 22.2. The van der Waals surface area contributed by atoms with Crippen LogP contribution in [0.4, 0.5) is 22.7 Å². The summed E-state index contributed by atoms with van der Waals surface area (Å²) < 4.78 is 5.00. The number of nitrogens with one attached hydrogen (secondary N) is 1. The van der Waals surface area contributed by atoms with Crippen LogP contribution >= 0.6 is 23.4 Å². The summed E-state index contributed by atoms with van der Waals surface area (Å²) in [5, 5.41) is 10.9. The minimum absolute atomic E-state index is 0.0260. The molecular weight excluding hydrogens is 628 g/mol. The first-order valence-corrected chi connectivity index (χ1v) is 15.5. The van der Waals surface area contributed by atoms with Crippen molar-refractivity contribution in [3.63, 3.8) is 0 Å². The highest BCUT2D eigenvalue weighted by Gasteiger charge is 2.40. The first kappa shape index (κ1) is 32.3. The number of halogens is 1. The van der Waals surface area contributed by atoms with Gasteiger partial charge in [0, 0.05) is 34.0 Å². The number of esters is 1. The number of hydrogen-bond acceptors (Lipinski definition) is 9. The zero-order valence-corrected chi connectivity index (χ0v) is 25.9. The normalized spacial score (nSPS) is 14.5. The molecule has 232 valence electrons. The molecule has 1 N–H and O–H groups in total. The minimum Gasteiger partial charge on any atom is -0.457 e. The Morgan fingerprint density at radius 3 is 2.26 bits per heavy atom. The van der Waals surface area contributed by atoms with Gasteiger partial charge in [-0.15, -0.1) is 11.8 Å². The Hall–Kier alpha value is -5.13. The summed E-state index contributed by atoms with van der Waals surface area (Å²) in [7, 11) is 0. The van der Waals surface area contributed by atoms with Crippen LogP contribution < -0.4 is 10.2 Å². The van der Waals surface area contributed by atoms with E-state index in [0.717, 1.165) is 0 Å². The smallest absolute Gasteiger partial charge is 0.306 e. The zero-order valence-electron chi connectivity index (χ0n) is 24.3. The summed E-state index contributed by atoms with van der Waals surface area (Å²) in [6.45, 7) is -0.437. The quantitative estimate of drug-likeness (QED) is 0.0732. The van der Waals surface area contributed by atoms with E-state index in [4.69, 9.17) is 16.3 Å². The number of nitrogens with zero attached hydrogens (tertiary/aromatic N) is 3. The standard InChI is InChI=1S/C34H27ClN4O6S/c35-23-11-9-22(10-12-23)29(40)21-45-33(43)18-17-31(41)36-26-7-4-8-28(19-26)46-30-20-32(42)39(34(30)44)27-15-13-25(14-16-27)38-37-24-5-2-1-3-6-24/h1-16,19,30H,17-18,20-21H2,(H,36,41). The van der Waals surface area contributed by atoms with Crippen LogP contribution in [0.5, 0.6) is 0 Å². The van der Waals surface area contributed by atoms with Crippen LogP contribution in [-0.4, -0.2) is 41.3 Å². The third-order valence-corrected chi connectivity index (χ3v) is 8.16. The van der Waals surface area contributed by atoms with E-state index < -0.39 is 23.7 Å². The number of Topliss-reactive ketones (excluding diaryl/α,β-unsaturated/α-hetero) is 1. The second-order valence-corrected chi connectivity index (χ2v) is 11.8. The molecule has 0 radical (unpaired) electrons. The predicted octanol–water partition coefficient (Wildman–Crippen LogP) is 7.32. The Bertz CT molecular complexity index is 1780. The molecule has 0 aromatic heterocycles. The van der Waals surface area contributed by atoms with Crippen molar-refractivity contribution in [1.82, 2.24) is 0 Å². The average molecular weight is 655 g/mol. The van der Waals surface area contributed by atoms with E-state index in [2.05, 4.69) is 15.5 Å². The Morgan fingerprint density at radius 2 is 1.54 bits per heavy atom. The van der Waals surface area contributed by atoms with Crippen LogP contribution in [0.3, 0.4) is 0 Å². The van der Waals surface area contributed by atoms with E-state index in [0.29, 0.717) is 38.2 Å². The summed E-state index contributed by atoms with van der Waals surface area (Å²) in [4.78, 5) is 64.6. The Labute approximate surface area is 273 Å². The van der Waals surface area contributed by atoms with E-state index in [-0.39, 0.29) is 36.9 Å². The molecule has 4 aromatic rings. The lowest BCUT2D eigenvalue weighted by Gasteiger charge is -2.15. The van der Waals surface area contributed by atoms with Gasteiger partial charge in [-0.2, -0.15) is 10.2 Å². The van der Waals surface area contributed by atoms with Gasteiger partial charge in [-0.05, 0) is 78.9 Å². The number of anilines is 2. The van der Waals surface area contributed by atoms with Crippen LogP contribution in [0.2, 0.25) is 5.02 Å². The SMILES string of the molecule is O=C(CCC(=O)OCC(=O)c1ccc(Cl)cc1)Nc1cccc(SC2CC(=O)N(c3ccc(N=Nc4ccccc4)cc3)C2=O)c1. The first-order valence-electron chi connectivity index (χ1n) is 14.2. The molecule has 0 saturated carbocycles. The van der Waals surface area contributed by atoms with Gasteiger partial charge in [0.1, 0.15) is 0 Å². The average Bonchev–Trinajstić information content (AvgIpc) is 3.34. The number of benzene rings is 4. The molecule has 4 aromatic carbocycles. The highest BCUT2D eigenvalue weighted by atomic mass is 35.5. The maximum Gasteiger partial charge on any atom is 0.306 e. The third-order valence-electron chi connectivity index (χ3n) is 6.73. The van der Waals surface area contributed by atoms with Gasteiger partial charge in [0.25, 0.3) is 0 Å². The molecule has 0 spiro atoms. The molecule has 1 heterocycles. The molecule has 5 rings (SSSR count). The molecule has 0 bridgehead atoms. The van der Waals surface area contributed by atoms with Gasteiger partial charge in [0.15, 0.2) is 12.4 Å².